The summed E-state index contributed by atoms with van der Waals surface area (Å²) in [5.74, 6) is -1.24. The van der Waals surface area contributed by atoms with Crippen molar-refractivity contribution in [2.75, 3.05) is 18.4 Å². The number of carboxylic acids is 1. The molecule has 1 aromatic heterocycles. The van der Waals surface area contributed by atoms with Crippen LogP contribution in [0.4, 0.5) is 10.5 Å². The lowest BCUT2D eigenvalue weighted by Gasteiger charge is -2.36. The molecule has 2 heterocycles. The highest BCUT2D eigenvalue weighted by Crippen LogP contribution is 2.18. The van der Waals surface area contributed by atoms with E-state index < -0.39 is 11.9 Å². The van der Waals surface area contributed by atoms with E-state index in [1.807, 2.05) is 10.8 Å². The topological polar surface area (TPSA) is 69.6 Å². The zero-order valence-electron chi connectivity index (χ0n) is 7.84. The van der Waals surface area contributed by atoms with Crippen LogP contribution in [0.2, 0.25) is 0 Å². The monoisotopic (exact) mass is 226 g/mol. The summed E-state index contributed by atoms with van der Waals surface area (Å²) in [6, 6.07) is 1.57. The lowest BCUT2D eigenvalue weighted by atomic mass is 10.0. The molecule has 1 aliphatic heterocycles. The Morgan fingerprint density at radius 3 is 2.80 bits per heavy atom. The molecule has 0 atom stereocenters. The van der Waals surface area contributed by atoms with E-state index in [1.165, 1.54) is 16.2 Å². The van der Waals surface area contributed by atoms with Gasteiger partial charge < -0.3 is 15.3 Å². The number of nitrogens with one attached hydrogen (secondary N) is 1. The molecule has 0 aromatic carbocycles. The molecular formula is C9H10N2O3S. The molecule has 15 heavy (non-hydrogen) atoms. The van der Waals surface area contributed by atoms with E-state index in [-0.39, 0.29) is 6.03 Å². The molecule has 0 bridgehead atoms. The fourth-order valence-electron chi connectivity index (χ4n) is 1.34. The predicted molar refractivity (Wildman–Crippen MR) is 56.0 cm³/mol. The van der Waals surface area contributed by atoms with Gasteiger partial charge in [-0.1, -0.05) is 0 Å². The third-order valence-corrected chi connectivity index (χ3v) is 2.97. The Labute approximate surface area is 90.3 Å². The molecule has 0 aliphatic carbocycles. The van der Waals surface area contributed by atoms with Crippen molar-refractivity contribution < 1.29 is 14.7 Å². The molecule has 1 saturated heterocycles. The largest absolute Gasteiger partial charge is 0.481 e. The molecule has 6 heteroatoms. The second-order valence-electron chi connectivity index (χ2n) is 3.38. The Hall–Kier alpha value is -1.56. The maximum atomic E-state index is 11.5. The Kier molecular flexibility index (Phi) is 2.59. The first kappa shape index (κ1) is 9.97. The minimum Gasteiger partial charge on any atom is -0.481 e. The molecule has 2 rings (SSSR count). The van der Waals surface area contributed by atoms with E-state index in [1.54, 1.807) is 6.07 Å². The van der Waals surface area contributed by atoms with Crippen LogP contribution in [0.1, 0.15) is 0 Å². The fraction of sp³-hybridized carbons (Fsp3) is 0.333. The predicted octanol–water partition coefficient (Wildman–Crippen LogP) is 1.30. The van der Waals surface area contributed by atoms with Gasteiger partial charge in [0, 0.05) is 18.5 Å². The average molecular weight is 226 g/mol. The first-order valence-electron chi connectivity index (χ1n) is 4.48. The number of amides is 2. The van der Waals surface area contributed by atoms with Crippen LogP contribution >= 0.6 is 11.3 Å². The molecular weight excluding hydrogens is 216 g/mol. The molecule has 1 aliphatic rings. The van der Waals surface area contributed by atoms with Crippen molar-refractivity contribution in [3.63, 3.8) is 0 Å². The van der Waals surface area contributed by atoms with E-state index in [9.17, 15) is 9.59 Å². The van der Waals surface area contributed by atoms with E-state index in [4.69, 9.17) is 5.11 Å². The van der Waals surface area contributed by atoms with Crippen molar-refractivity contribution in [1.82, 2.24) is 4.90 Å². The van der Waals surface area contributed by atoms with Crippen LogP contribution in [0.25, 0.3) is 0 Å². The summed E-state index contributed by atoms with van der Waals surface area (Å²) in [5.41, 5.74) is 0.753. The Balaban J connectivity index is 1.82. The van der Waals surface area contributed by atoms with Gasteiger partial charge in [-0.3, -0.25) is 4.79 Å². The third kappa shape index (κ3) is 2.10. The van der Waals surface area contributed by atoms with Gasteiger partial charge in [0.2, 0.25) is 0 Å². The Bertz CT molecular complexity index is 371. The van der Waals surface area contributed by atoms with Crippen LogP contribution < -0.4 is 5.32 Å². The van der Waals surface area contributed by atoms with E-state index in [0.717, 1.165) is 5.69 Å². The van der Waals surface area contributed by atoms with Crippen LogP contribution in [-0.2, 0) is 4.79 Å². The number of nitrogens with zero attached hydrogens (tertiary/aromatic N) is 1. The van der Waals surface area contributed by atoms with Gasteiger partial charge in [0.05, 0.1) is 11.6 Å². The Morgan fingerprint density at radius 2 is 2.27 bits per heavy atom. The first-order valence-corrected chi connectivity index (χ1v) is 5.42. The number of aliphatic carboxylic acids is 1. The van der Waals surface area contributed by atoms with Gasteiger partial charge in [0.15, 0.2) is 0 Å². The minimum absolute atomic E-state index is 0.231. The SMILES string of the molecule is O=C(O)C1CN(C(=O)Nc2ccsc2)C1. The number of carbonyl (C=O) groups is 2. The number of rotatable bonds is 2. The normalized spacial score (nSPS) is 15.9. The van der Waals surface area contributed by atoms with Crippen LogP contribution in [-0.4, -0.2) is 35.1 Å². The van der Waals surface area contributed by atoms with E-state index >= 15 is 0 Å². The number of hydrogen-bond acceptors (Lipinski definition) is 3. The number of hydrogen-bond donors (Lipinski definition) is 2. The van der Waals surface area contributed by atoms with Crippen molar-refractivity contribution in [1.29, 1.82) is 0 Å². The van der Waals surface area contributed by atoms with Crippen LogP contribution in [0.5, 0.6) is 0 Å². The molecule has 0 saturated carbocycles. The van der Waals surface area contributed by atoms with Gasteiger partial charge in [0.1, 0.15) is 0 Å². The van der Waals surface area contributed by atoms with Crippen LogP contribution in [0.15, 0.2) is 16.8 Å². The Morgan fingerprint density at radius 1 is 1.53 bits per heavy atom. The van der Waals surface area contributed by atoms with Crippen molar-refractivity contribution in [2.24, 2.45) is 5.92 Å². The van der Waals surface area contributed by atoms with E-state index in [0.29, 0.717) is 13.1 Å². The molecule has 2 N–H and O–H groups in total. The average Bonchev–Trinajstić information content (AvgIpc) is 2.52. The molecule has 5 nitrogen and oxygen atoms in total. The first-order chi connectivity index (χ1) is 7.16. The standard InChI is InChI=1S/C9H10N2O3S/c12-8(13)6-3-11(4-6)9(14)10-7-1-2-15-5-7/h1-2,5-6H,3-4H2,(H,10,14)(H,12,13). The molecule has 0 spiro atoms. The highest BCUT2D eigenvalue weighted by Gasteiger charge is 2.35. The van der Waals surface area contributed by atoms with Crippen molar-refractivity contribution in [3.05, 3.63) is 16.8 Å². The molecule has 1 fully saturated rings. The van der Waals surface area contributed by atoms with Gasteiger partial charge in [-0.15, -0.1) is 0 Å². The summed E-state index contributed by atoms with van der Waals surface area (Å²) in [6.07, 6.45) is 0. The van der Waals surface area contributed by atoms with Gasteiger partial charge in [-0.25, -0.2) is 4.79 Å². The number of anilines is 1. The molecule has 2 amide bonds. The smallest absolute Gasteiger partial charge is 0.321 e. The highest BCUT2D eigenvalue weighted by atomic mass is 32.1. The molecule has 80 valence electrons. The molecule has 0 radical (unpaired) electrons. The summed E-state index contributed by atoms with van der Waals surface area (Å²) >= 11 is 1.50. The maximum Gasteiger partial charge on any atom is 0.321 e. The number of likely N-dealkylation sites (tertiary alicyclic amines) is 1. The minimum atomic E-state index is -0.838. The highest BCUT2D eigenvalue weighted by molar-refractivity contribution is 7.08. The van der Waals surface area contributed by atoms with Gasteiger partial charge >= 0.3 is 12.0 Å². The second-order valence-corrected chi connectivity index (χ2v) is 4.16. The zero-order valence-corrected chi connectivity index (χ0v) is 8.66. The summed E-state index contributed by atoms with van der Waals surface area (Å²) in [7, 11) is 0. The summed E-state index contributed by atoms with van der Waals surface area (Å²) < 4.78 is 0. The molecule has 0 unspecified atom stereocenters. The number of carbonyl (C=O) groups excluding carboxylic acids is 1. The van der Waals surface area contributed by atoms with Crippen molar-refractivity contribution in [3.8, 4) is 0 Å². The number of carboxylic acid groups (broad SMARTS) is 1. The third-order valence-electron chi connectivity index (χ3n) is 2.29. The van der Waals surface area contributed by atoms with Crippen molar-refractivity contribution in [2.45, 2.75) is 0 Å². The second kappa shape index (κ2) is 3.90. The number of urea groups is 1. The summed E-state index contributed by atoms with van der Waals surface area (Å²) in [5, 5.41) is 15.0. The van der Waals surface area contributed by atoms with Crippen LogP contribution in [0, 0.1) is 5.92 Å². The summed E-state index contributed by atoms with van der Waals surface area (Å²) in [6.45, 7) is 0.594. The molecule has 1 aromatic rings. The number of thiophene rings is 1. The lowest BCUT2D eigenvalue weighted by Crippen LogP contribution is -2.54. The van der Waals surface area contributed by atoms with Gasteiger partial charge in [0.25, 0.3) is 0 Å². The van der Waals surface area contributed by atoms with Crippen LogP contribution in [0.3, 0.4) is 0 Å². The fourth-order valence-corrected chi connectivity index (χ4v) is 1.93. The van der Waals surface area contributed by atoms with Gasteiger partial charge in [-0.05, 0) is 11.4 Å². The summed E-state index contributed by atoms with van der Waals surface area (Å²) in [4.78, 5) is 23.5. The van der Waals surface area contributed by atoms with E-state index in [2.05, 4.69) is 5.32 Å². The zero-order chi connectivity index (χ0) is 10.8. The quantitative estimate of drug-likeness (QED) is 0.798. The van der Waals surface area contributed by atoms with Gasteiger partial charge in [-0.2, -0.15) is 11.3 Å². The lowest BCUT2D eigenvalue weighted by molar-refractivity contribution is -0.145. The van der Waals surface area contributed by atoms with Crippen molar-refractivity contribution >= 4 is 29.0 Å². The maximum absolute atomic E-state index is 11.5.